The van der Waals surface area contributed by atoms with Crippen LogP contribution < -0.4 is 10.5 Å². The first-order chi connectivity index (χ1) is 18.9. The van der Waals surface area contributed by atoms with Crippen molar-refractivity contribution in [1.29, 1.82) is 10.5 Å². The maximum atomic E-state index is 13.8. The second-order valence-electron chi connectivity index (χ2n) is 10.1. The van der Waals surface area contributed by atoms with Gasteiger partial charge in [0.05, 0.1) is 11.2 Å². The van der Waals surface area contributed by atoms with Crippen molar-refractivity contribution in [3.8, 4) is 12.1 Å². The fourth-order valence-electron chi connectivity index (χ4n) is 5.41. The van der Waals surface area contributed by atoms with Crippen molar-refractivity contribution in [2.45, 2.75) is 37.8 Å². The molecule has 2 fully saturated rings. The molecule has 0 spiro atoms. The van der Waals surface area contributed by atoms with Crippen LogP contribution in [0.3, 0.4) is 0 Å². The maximum absolute atomic E-state index is 13.8. The topological polar surface area (TPSA) is 128 Å². The van der Waals surface area contributed by atoms with E-state index in [4.69, 9.17) is 9.51 Å². The zero-order valence-electron chi connectivity index (χ0n) is 21.5. The molecule has 2 aliphatic rings. The molecule has 0 amide bonds. The Labute approximate surface area is 223 Å². The summed E-state index contributed by atoms with van der Waals surface area (Å²) in [5, 5.41) is 23.6. The Kier molecular flexibility index (Phi) is 6.09. The van der Waals surface area contributed by atoms with E-state index in [9.17, 15) is 19.7 Å². The van der Waals surface area contributed by atoms with E-state index in [0.29, 0.717) is 54.0 Å². The molecule has 2 atom stereocenters. The van der Waals surface area contributed by atoms with Crippen molar-refractivity contribution in [3.05, 3.63) is 81.1 Å². The molecule has 4 heterocycles. The van der Waals surface area contributed by atoms with Gasteiger partial charge >= 0.3 is 0 Å². The van der Waals surface area contributed by atoms with E-state index in [0.717, 1.165) is 18.4 Å². The molecule has 4 aromatic rings. The van der Waals surface area contributed by atoms with Crippen LogP contribution in [0.15, 0.2) is 45.7 Å². The molecule has 0 N–H and O–H groups in total. The van der Waals surface area contributed by atoms with Crippen LogP contribution >= 0.6 is 0 Å². The summed E-state index contributed by atoms with van der Waals surface area (Å²) in [7, 11) is 1.59. The molecule has 0 bridgehead atoms. The van der Waals surface area contributed by atoms with Crippen molar-refractivity contribution in [2.24, 2.45) is 7.05 Å². The summed E-state index contributed by atoms with van der Waals surface area (Å²) in [5.74, 6) is 1.16. The molecule has 196 valence electrons. The normalized spacial score (nSPS) is 18.6. The van der Waals surface area contributed by atoms with Crippen LogP contribution in [0.2, 0.25) is 0 Å². The highest BCUT2D eigenvalue weighted by atomic mass is 19.1. The molecule has 1 aliphatic carbocycles. The van der Waals surface area contributed by atoms with E-state index >= 15 is 0 Å². The Balaban J connectivity index is 1.39. The summed E-state index contributed by atoms with van der Waals surface area (Å²) in [5.41, 5.74) is 2.04. The second kappa shape index (κ2) is 9.61. The molecule has 1 saturated heterocycles. The summed E-state index contributed by atoms with van der Waals surface area (Å²) < 4.78 is 20.9. The van der Waals surface area contributed by atoms with E-state index in [1.54, 1.807) is 31.3 Å². The lowest BCUT2D eigenvalue weighted by molar-refractivity contribution is 0.127. The number of aryl methyl sites for hydroxylation is 1. The van der Waals surface area contributed by atoms with Gasteiger partial charge in [-0.05, 0) is 49.6 Å². The van der Waals surface area contributed by atoms with Gasteiger partial charge in [-0.1, -0.05) is 17.3 Å². The molecule has 0 radical (unpaired) electrons. The third-order valence-corrected chi connectivity index (χ3v) is 7.59. The summed E-state index contributed by atoms with van der Waals surface area (Å²) in [6.07, 6.45) is 2.09. The summed E-state index contributed by atoms with van der Waals surface area (Å²) in [6, 6.07) is 13.2. The van der Waals surface area contributed by atoms with Crippen molar-refractivity contribution < 1.29 is 8.91 Å². The first-order valence-electron chi connectivity index (χ1n) is 12.8. The summed E-state index contributed by atoms with van der Waals surface area (Å²) in [6.45, 7) is 3.52. The number of nitrogens with zero attached hydrogens (tertiary/aromatic N) is 8. The lowest BCUT2D eigenvalue weighted by atomic mass is 10.0. The number of rotatable bonds is 5. The van der Waals surface area contributed by atoms with Crippen LogP contribution in [0.4, 0.5) is 10.1 Å². The Morgan fingerprint density at radius 3 is 2.51 bits per heavy atom. The zero-order valence-corrected chi connectivity index (χ0v) is 21.5. The first-order valence-corrected chi connectivity index (χ1v) is 12.8. The van der Waals surface area contributed by atoms with Gasteiger partial charge in [0.15, 0.2) is 5.82 Å². The number of benzene rings is 1. The molecule has 11 heteroatoms. The number of nitriles is 2. The number of aromatic nitrogens is 4. The SMILES string of the molecule is C[C@@H]1CN(c2c(C#N)c(=O)n(C)c3ccc(C#N)nc23)CCN1C(c1ccc(F)cc1)c1nc(C2CC2)no1. The molecule has 1 saturated carbocycles. The highest BCUT2D eigenvalue weighted by Gasteiger charge is 2.38. The fourth-order valence-corrected chi connectivity index (χ4v) is 5.41. The minimum Gasteiger partial charge on any atom is -0.366 e. The molecule has 1 unspecified atom stereocenters. The predicted octanol–water partition coefficient (Wildman–Crippen LogP) is 3.38. The standard InChI is InChI=1S/C28H25FN8O2/c1-16-15-36(25-21(14-31)28(38)35(2)22-10-9-20(13-30)32-23(22)25)11-12-37(16)24(17-5-7-19(29)8-6-17)27-33-26(34-39-27)18-3-4-18/h5-10,16,18,24H,3-4,11-12,15H2,1-2H3/t16-,24?/m1/s1. The minimum absolute atomic E-state index is 0.00528. The molecule has 10 nitrogen and oxygen atoms in total. The quantitative estimate of drug-likeness (QED) is 0.386. The molecular weight excluding hydrogens is 499 g/mol. The summed E-state index contributed by atoms with van der Waals surface area (Å²) >= 11 is 0. The lowest BCUT2D eigenvalue weighted by Crippen LogP contribution is -2.53. The molecule has 39 heavy (non-hydrogen) atoms. The van der Waals surface area contributed by atoms with Gasteiger partial charge in [0.2, 0.25) is 5.89 Å². The van der Waals surface area contributed by atoms with Gasteiger partial charge in [0.1, 0.15) is 40.8 Å². The maximum Gasteiger partial charge on any atom is 0.270 e. The smallest absolute Gasteiger partial charge is 0.270 e. The van der Waals surface area contributed by atoms with E-state index in [1.165, 1.54) is 16.7 Å². The van der Waals surface area contributed by atoms with Gasteiger partial charge in [-0.15, -0.1) is 0 Å². The van der Waals surface area contributed by atoms with Crippen LogP contribution in [-0.2, 0) is 7.05 Å². The molecule has 6 rings (SSSR count). The monoisotopic (exact) mass is 524 g/mol. The van der Waals surface area contributed by atoms with Crippen LogP contribution in [0.5, 0.6) is 0 Å². The van der Waals surface area contributed by atoms with Crippen molar-refractivity contribution in [2.75, 3.05) is 24.5 Å². The minimum atomic E-state index is -0.413. The molecular formula is C28H25FN8O2. The van der Waals surface area contributed by atoms with Crippen LogP contribution in [-0.4, -0.2) is 50.3 Å². The number of hydrogen-bond donors (Lipinski definition) is 0. The van der Waals surface area contributed by atoms with E-state index in [1.807, 2.05) is 17.9 Å². The number of anilines is 1. The number of piperazine rings is 1. The van der Waals surface area contributed by atoms with Gasteiger partial charge in [-0.3, -0.25) is 9.69 Å². The molecule has 1 aliphatic heterocycles. The van der Waals surface area contributed by atoms with Gasteiger partial charge < -0.3 is 14.0 Å². The van der Waals surface area contributed by atoms with Gasteiger partial charge in [0, 0.05) is 38.6 Å². The van der Waals surface area contributed by atoms with E-state index in [-0.39, 0.29) is 29.2 Å². The third kappa shape index (κ3) is 4.31. The molecule has 3 aromatic heterocycles. The zero-order chi connectivity index (χ0) is 27.3. The van der Waals surface area contributed by atoms with Crippen molar-refractivity contribution in [3.63, 3.8) is 0 Å². The fraction of sp³-hybridized carbons (Fsp3) is 0.357. The average Bonchev–Trinajstić information content (AvgIpc) is 3.69. The van der Waals surface area contributed by atoms with E-state index < -0.39 is 5.56 Å². The number of pyridine rings is 2. The van der Waals surface area contributed by atoms with Crippen molar-refractivity contribution in [1.82, 2.24) is 24.6 Å². The number of fused-ring (bicyclic) bond motifs is 1. The Morgan fingerprint density at radius 2 is 1.85 bits per heavy atom. The number of halogens is 1. The summed E-state index contributed by atoms with van der Waals surface area (Å²) in [4.78, 5) is 26.5. The van der Waals surface area contributed by atoms with Gasteiger partial charge in [0.25, 0.3) is 5.56 Å². The van der Waals surface area contributed by atoms with Crippen LogP contribution in [0.1, 0.15) is 60.3 Å². The highest BCUT2D eigenvalue weighted by Crippen LogP contribution is 2.40. The predicted molar refractivity (Wildman–Crippen MR) is 139 cm³/mol. The first kappa shape index (κ1) is 24.7. The highest BCUT2D eigenvalue weighted by molar-refractivity contribution is 5.92. The van der Waals surface area contributed by atoms with Gasteiger partial charge in [-0.2, -0.15) is 15.5 Å². The number of hydrogen-bond acceptors (Lipinski definition) is 9. The van der Waals surface area contributed by atoms with Crippen LogP contribution in [0, 0.1) is 28.5 Å². The Morgan fingerprint density at radius 1 is 1.08 bits per heavy atom. The average molecular weight is 525 g/mol. The lowest BCUT2D eigenvalue weighted by Gasteiger charge is -2.44. The second-order valence-corrected chi connectivity index (χ2v) is 10.1. The Bertz CT molecular complexity index is 1710. The third-order valence-electron chi connectivity index (χ3n) is 7.59. The van der Waals surface area contributed by atoms with E-state index in [2.05, 4.69) is 21.1 Å². The molecule has 1 aromatic carbocycles. The van der Waals surface area contributed by atoms with Crippen LogP contribution in [0.25, 0.3) is 11.0 Å². The van der Waals surface area contributed by atoms with Crippen molar-refractivity contribution >= 4 is 16.7 Å². The Hall–Kier alpha value is -4.61. The largest absolute Gasteiger partial charge is 0.366 e. The van der Waals surface area contributed by atoms with Gasteiger partial charge in [-0.25, -0.2) is 9.37 Å².